The van der Waals surface area contributed by atoms with E-state index in [2.05, 4.69) is 24.5 Å². The van der Waals surface area contributed by atoms with E-state index < -0.39 is 0 Å². The summed E-state index contributed by atoms with van der Waals surface area (Å²) in [6, 6.07) is 8.50. The van der Waals surface area contributed by atoms with Gasteiger partial charge in [0.2, 0.25) is 0 Å². The first kappa shape index (κ1) is 14.1. The summed E-state index contributed by atoms with van der Waals surface area (Å²) in [6.07, 6.45) is 3.52. The second-order valence-corrected chi connectivity index (χ2v) is 5.61. The van der Waals surface area contributed by atoms with Crippen molar-refractivity contribution in [2.45, 2.75) is 45.1 Å². The first-order valence-electron chi connectivity index (χ1n) is 7.28. The van der Waals surface area contributed by atoms with Crippen LogP contribution < -0.4 is 10.6 Å². The molecule has 1 amide bonds. The molecule has 0 radical (unpaired) electrons. The van der Waals surface area contributed by atoms with E-state index in [1.165, 1.54) is 18.4 Å². The summed E-state index contributed by atoms with van der Waals surface area (Å²) in [5, 5.41) is 6.43. The van der Waals surface area contributed by atoms with Gasteiger partial charge in [-0.15, -0.1) is 0 Å². The Kier molecular flexibility index (Phi) is 4.97. The van der Waals surface area contributed by atoms with Gasteiger partial charge in [-0.3, -0.25) is 4.79 Å². The summed E-state index contributed by atoms with van der Waals surface area (Å²) < 4.78 is 0. The van der Waals surface area contributed by atoms with Crippen LogP contribution in [0.4, 0.5) is 0 Å². The monoisotopic (exact) mass is 260 g/mol. The first-order chi connectivity index (χ1) is 9.16. The van der Waals surface area contributed by atoms with Crippen LogP contribution >= 0.6 is 0 Å². The number of hydrogen-bond acceptors (Lipinski definition) is 2. The van der Waals surface area contributed by atoms with Gasteiger partial charge in [0.05, 0.1) is 0 Å². The Balaban J connectivity index is 1.78. The van der Waals surface area contributed by atoms with E-state index in [-0.39, 0.29) is 5.91 Å². The van der Waals surface area contributed by atoms with Gasteiger partial charge < -0.3 is 10.6 Å². The van der Waals surface area contributed by atoms with Crippen molar-refractivity contribution in [2.24, 2.45) is 0 Å². The number of carbonyl (C=O) groups excluding carboxylic acids is 1. The van der Waals surface area contributed by atoms with Crippen LogP contribution in [0.15, 0.2) is 24.3 Å². The summed E-state index contributed by atoms with van der Waals surface area (Å²) >= 11 is 0. The molecule has 1 aromatic rings. The average molecular weight is 260 g/mol. The Morgan fingerprint density at radius 1 is 1.37 bits per heavy atom. The lowest BCUT2D eigenvalue weighted by Gasteiger charge is -2.11. The fourth-order valence-electron chi connectivity index (χ4n) is 2.48. The highest BCUT2D eigenvalue weighted by Crippen LogP contribution is 2.14. The lowest BCUT2D eigenvalue weighted by Crippen LogP contribution is -2.30. The summed E-state index contributed by atoms with van der Waals surface area (Å²) in [5.74, 6) is 0.541. The van der Waals surface area contributed by atoms with Crippen molar-refractivity contribution < 1.29 is 4.79 Å². The molecule has 1 aromatic carbocycles. The molecule has 3 nitrogen and oxygen atoms in total. The second-order valence-electron chi connectivity index (χ2n) is 5.61. The van der Waals surface area contributed by atoms with Crippen molar-refractivity contribution >= 4 is 5.91 Å². The van der Waals surface area contributed by atoms with Crippen LogP contribution in [0, 0.1) is 0 Å². The zero-order valence-corrected chi connectivity index (χ0v) is 11.9. The molecule has 2 N–H and O–H groups in total. The minimum atomic E-state index is 0.0355. The minimum Gasteiger partial charge on any atom is -0.352 e. The SMILES string of the molecule is CC(C)c1ccc(C(=O)NCC[C@H]2CCCN2)cc1. The summed E-state index contributed by atoms with van der Waals surface area (Å²) in [4.78, 5) is 12.0. The number of rotatable bonds is 5. The number of amides is 1. The molecular formula is C16H24N2O. The predicted octanol–water partition coefficient (Wildman–Crippen LogP) is 2.68. The summed E-state index contributed by atoms with van der Waals surface area (Å²) in [7, 11) is 0. The van der Waals surface area contributed by atoms with Crippen molar-refractivity contribution in [1.82, 2.24) is 10.6 Å². The molecule has 2 rings (SSSR count). The van der Waals surface area contributed by atoms with Crippen molar-refractivity contribution in [3.63, 3.8) is 0 Å². The second kappa shape index (κ2) is 6.71. The lowest BCUT2D eigenvalue weighted by atomic mass is 10.0. The van der Waals surface area contributed by atoms with Crippen LogP contribution in [-0.2, 0) is 0 Å². The topological polar surface area (TPSA) is 41.1 Å². The van der Waals surface area contributed by atoms with E-state index in [4.69, 9.17) is 0 Å². The van der Waals surface area contributed by atoms with Crippen LogP contribution in [0.3, 0.4) is 0 Å². The molecule has 1 aliphatic rings. The zero-order valence-electron chi connectivity index (χ0n) is 11.9. The Hall–Kier alpha value is -1.35. The molecule has 0 unspecified atom stereocenters. The van der Waals surface area contributed by atoms with E-state index in [9.17, 15) is 4.79 Å². The van der Waals surface area contributed by atoms with Crippen LogP contribution in [0.5, 0.6) is 0 Å². The fraction of sp³-hybridized carbons (Fsp3) is 0.562. The smallest absolute Gasteiger partial charge is 0.251 e. The molecule has 1 heterocycles. The Bertz CT molecular complexity index is 405. The Morgan fingerprint density at radius 3 is 2.68 bits per heavy atom. The average Bonchev–Trinajstić information content (AvgIpc) is 2.92. The van der Waals surface area contributed by atoms with Crippen molar-refractivity contribution in [1.29, 1.82) is 0 Å². The van der Waals surface area contributed by atoms with Gasteiger partial charge in [-0.2, -0.15) is 0 Å². The molecule has 0 aromatic heterocycles. The van der Waals surface area contributed by atoms with Gasteiger partial charge in [-0.1, -0.05) is 26.0 Å². The van der Waals surface area contributed by atoms with Gasteiger partial charge in [0.25, 0.3) is 5.91 Å². The molecular weight excluding hydrogens is 236 g/mol. The fourth-order valence-corrected chi connectivity index (χ4v) is 2.48. The third-order valence-corrected chi connectivity index (χ3v) is 3.78. The molecule has 1 fully saturated rings. The number of nitrogens with one attached hydrogen (secondary N) is 2. The van der Waals surface area contributed by atoms with Gasteiger partial charge in [0.1, 0.15) is 0 Å². The van der Waals surface area contributed by atoms with Crippen LogP contribution in [0.25, 0.3) is 0 Å². The number of carbonyl (C=O) groups is 1. The van der Waals surface area contributed by atoms with Gasteiger partial charge in [0, 0.05) is 18.2 Å². The maximum atomic E-state index is 12.0. The quantitative estimate of drug-likeness (QED) is 0.854. The van der Waals surface area contributed by atoms with Crippen LogP contribution in [0.1, 0.15) is 54.9 Å². The molecule has 19 heavy (non-hydrogen) atoms. The highest BCUT2D eigenvalue weighted by atomic mass is 16.1. The van der Waals surface area contributed by atoms with Gasteiger partial charge >= 0.3 is 0 Å². The maximum Gasteiger partial charge on any atom is 0.251 e. The molecule has 1 saturated heterocycles. The summed E-state index contributed by atoms with van der Waals surface area (Å²) in [6.45, 7) is 6.19. The van der Waals surface area contributed by atoms with Crippen molar-refractivity contribution in [3.05, 3.63) is 35.4 Å². The molecule has 0 saturated carbocycles. The van der Waals surface area contributed by atoms with E-state index in [1.807, 2.05) is 24.3 Å². The Morgan fingerprint density at radius 2 is 2.11 bits per heavy atom. The van der Waals surface area contributed by atoms with Crippen LogP contribution in [-0.4, -0.2) is 25.0 Å². The van der Waals surface area contributed by atoms with Crippen LogP contribution in [0.2, 0.25) is 0 Å². The van der Waals surface area contributed by atoms with Crippen molar-refractivity contribution in [3.8, 4) is 0 Å². The van der Waals surface area contributed by atoms with Gasteiger partial charge in [-0.05, 0) is 49.4 Å². The normalized spacial score (nSPS) is 18.8. The summed E-state index contributed by atoms with van der Waals surface area (Å²) in [5.41, 5.74) is 2.02. The van der Waals surface area contributed by atoms with E-state index >= 15 is 0 Å². The van der Waals surface area contributed by atoms with Gasteiger partial charge in [-0.25, -0.2) is 0 Å². The molecule has 1 atom stereocenters. The number of benzene rings is 1. The molecule has 0 bridgehead atoms. The Labute approximate surface area is 115 Å². The zero-order chi connectivity index (χ0) is 13.7. The minimum absolute atomic E-state index is 0.0355. The molecule has 104 valence electrons. The highest BCUT2D eigenvalue weighted by molar-refractivity contribution is 5.94. The molecule has 0 spiro atoms. The standard InChI is InChI=1S/C16H24N2O/c1-12(2)13-5-7-14(8-6-13)16(19)18-11-9-15-4-3-10-17-15/h5-8,12,15,17H,3-4,9-11H2,1-2H3,(H,18,19)/t15-/m1/s1. The highest BCUT2D eigenvalue weighted by Gasteiger charge is 2.14. The lowest BCUT2D eigenvalue weighted by molar-refractivity contribution is 0.0952. The first-order valence-corrected chi connectivity index (χ1v) is 7.28. The molecule has 3 heteroatoms. The third kappa shape index (κ3) is 4.06. The third-order valence-electron chi connectivity index (χ3n) is 3.78. The van der Waals surface area contributed by atoms with Gasteiger partial charge in [0.15, 0.2) is 0 Å². The maximum absolute atomic E-state index is 12.0. The van der Waals surface area contributed by atoms with Crippen molar-refractivity contribution in [2.75, 3.05) is 13.1 Å². The number of hydrogen-bond donors (Lipinski definition) is 2. The van der Waals surface area contributed by atoms with E-state index in [0.717, 1.165) is 25.1 Å². The largest absolute Gasteiger partial charge is 0.352 e. The van der Waals surface area contributed by atoms with E-state index in [1.54, 1.807) is 0 Å². The molecule has 0 aliphatic carbocycles. The molecule has 1 aliphatic heterocycles. The predicted molar refractivity (Wildman–Crippen MR) is 78.5 cm³/mol. The van der Waals surface area contributed by atoms with E-state index in [0.29, 0.717) is 12.0 Å².